The van der Waals surface area contributed by atoms with Gasteiger partial charge in [-0.3, -0.25) is 19.2 Å². The number of rotatable bonds is 42. The van der Waals surface area contributed by atoms with Gasteiger partial charge >= 0.3 is 29.8 Å². The van der Waals surface area contributed by atoms with E-state index >= 15 is 0 Å². The van der Waals surface area contributed by atoms with Crippen LogP contribution in [0.3, 0.4) is 0 Å². The van der Waals surface area contributed by atoms with Gasteiger partial charge in [0.25, 0.3) is 0 Å². The molecule has 0 saturated carbocycles. The molecule has 1 heterocycles. The first-order valence-electron chi connectivity index (χ1n) is 27.6. The van der Waals surface area contributed by atoms with Crippen LogP contribution in [0.1, 0.15) is 260 Å². The van der Waals surface area contributed by atoms with Gasteiger partial charge in [-0.05, 0) is 52.0 Å². The van der Waals surface area contributed by atoms with E-state index in [1.54, 1.807) is 0 Å². The molecule has 1 aliphatic heterocycles. The number of fused-ring (bicyclic) bond motifs is 1. The summed E-state index contributed by atoms with van der Waals surface area (Å²) in [5.41, 5.74) is 3.03. The van der Waals surface area contributed by atoms with Gasteiger partial charge in [0.05, 0.1) is 20.6 Å². The molecule has 0 aliphatic carbocycles. The molecule has 13 heteroatoms. The molecule has 0 bridgehead atoms. The Hall–Kier alpha value is -4.26. The van der Waals surface area contributed by atoms with Crippen molar-refractivity contribution < 1.29 is 62.3 Å². The molecule has 0 spiro atoms. The van der Waals surface area contributed by atoms with Crippen LogP contribution in [0.2, 0.25) is 0 Å². The van der Waals surface area contributed by atoms with E-state index in [0.717, 1.165) is 36.8 Å². The highest BCUT2D eigenvalue weighted by Gasteiger charge is 2.34. The van der Waals surface area contributed by atoms with E-state index in [4.69, 9.17) is 23.7 Å². The number of hydrogen-bond acceptors (Lipinski definition) is 13. The molecule has 1 aliphatic rings. The predicted molar refractivity (Wildman–Crippen MR) is 280 cm³/mol. The van der Waals surface area contributed by atoms with Gasteiger partial charge in [-0.15, -0.1) is 0 Å². The number of carbonyl (C=O) groups is 6. The second kappa shape index (κ2) is 42.3. The standard InChI is InChI=1S/C35H68O5.C23H28O8/c1-3-5-7-9-11-13-15-17-19-21-23-25-27-29-34(37)39-31-33(36)32-40-35(38)30-28-26-24-22-20-18-16-14-12-10-8-6-4-2;1-13(7-10-18(25)28-4)6-9-16-21(29-5)15(3)17-12-30-23(27)20(17)22(16)31-19(26)11-8-14(2)24/h33,36H,3-32H2,1-2H3;6H,7-12H2,1-5H3/b;13-6+. The summed E-state index contributed by atoms with van der Waals surface area (Å²) in [6.45, 7) is 9.47. The first-order valence-corrected chi connectivity index (χ1v) is 27.6. The lowest BCUT2D eigenvalue weighted by Gasteiger charge is -2.18. The summed E-state index contributed by atoms with van der Waals surface area (Å²) in [5, 5.41) is 9.96. The molecular formula is C58H96O13. The van der Waals surface area contributed by atoms with E-state index in [9.17, 15) is 33.9 Å². The quantitative estimate of drug-likeness (QED) is 0.0215. The second-order valence-corrected chi connectivity index (χ2v) is 19.4. The average Bonchev–Trinajstić information content (AvgIpc) is 3.75. The fraction of sp³-hybridized carbons (Fsp3) is 0.759. The molecule has 406 valence electrons. The number of ketones is 1. The maximum absolute atomic E-state index is 12.4. The van der Waals surface area contributed by atoms with Crippen molar-refractivity contribution in [2.45, 2.75) is 259 Å². The summed E-state index contributed by atoms with van der Waals surface area (Å²) in [5.74, 6) is -1.57. The highest BCUT2D eigenvalue weighted by molar-refractivity contribution is 5.99. The number of ether oxygens (including phenoxy) is 6. The molecule has 0 fully saturated rings. The van der Waals surface area contributed by atoms with Gasteiger partial charge in [0.15, 0.2) is 5.75 Å². The molecule has 1 aromatic rings. The Morgan fingerprint density at radius 3 is 1.39 bits per heavy atom. The number of methoxy groups -OCH3 is 2. The average molecular weight is 1000 g/mol. The third kappa shape index (κ3) is 31.7. The van der Waals surface area contributed by atoms with Crippen molar-refractivity contribution in [2.75, 3.05) is 27.4 Å². The van der Waals surface area contributed by atoms with Crippen LogP contribution < -0.4 is 9.47 Å². The molecule has 1 N–H and O–H groups in total. The third-order valence-electron chi connectivity index (χ3n) is 13.0. The Balaban J connectivity index is 0.000000731. The molecule has 0 unspecified atom stereocenters. The Labute approximate surface area is 428 Å². The zero-order chi connectivity index (χ0) is 52.5. The van der Waals surface area contributed by atoms with Gasteiger partial charge in [0.1, 0.15) is 43.0 Å². The zero-order valence-corrected chi connectivity index (χ0v) is 45.5. The third-order valence-corrected chi connectivity index (χ3v) is 13.0. The Bertz CT molecular complexity index is 1650. The van der Waals surface area contributed by atoms with Gasteiger partial charge in [0.2, 0.25) is 0 Å². The molecule has 2 rings (SSSR count). The van der Waals surface area contributed by atoms with Gasteiger partial charge < -0.3 is 38.3 Å². The minimum atomic E-state index is -0.953. The Morgan fingerprint density at radius 1 is 0.563 bits per heavy atom. The summed E-state index contributed by atoms with van der Waals surface area (Å²) in [6, 6.07) is 0. The molecule has 71 heavy (non-hydrogen) atoms. The van der Waals surface area contributed by atoms with E-state index in [1.807, 2.05) is 19.9 Å². The molecule has 0 aromatic heterocycles. The van der Waals surface area contributed by atoms with E-state index in [-0.39, 0.29) is 74.1 Å². The van der Waals surface area contributed by atoms with Crippen molar-refractivity contribution in [3.8, 4) is 11.5 Å². The van der Waals surface area contributed by atoms with Crippen LogP contribution >= 0.6 is 0 Å². The molecule has 1 aromatic carbocycles. The van der Waals surface area contributed by atoms with Crippen LogP contribution in [0.15, 0.2) is 11.6 Å². The largest absolute Gasteiger partial charge is 0.496 e. The fourth-order valence-electron chi connectivity index (χ4n) is 8.49. The van der Waals surface area contributed by atoms with E-state index in [2.05, 4.69) is 18.6 Å². The van der Waals surface area contributed by atoms with Crippen molar-refractivity contribution in [1.82, 2.24) is 0 Å². The van der Waals surface area contributed by atoms with Crippen LogP contribution in [0.4, 0.5) is 0 Å². The fourth-order valence-corrected chi connectivity index (χ4v) is 8.49. The number of cyclic esters (lactones) is 1. The van der Waals surface area contributed by atoms with Gasteiger partial charge in [-0.2, -0.15) is 0 Å². The van der Waals surface area contributed by atoms with Crippen LogP contribution in [0.5, 0.6) is 11.5 Å². The normalized spacial score (nSPS) is 12.0. The number of aliphatic hydroxyl groups excluding tert-OH is 1. The van der Waals surface area contributed by atoms with Crippen molar-refractivity contribution >= 4 is 35.6 Å². The second-order valence-electron chi connectivity index (χ2n) is 19.4. The maximum atomic E-state index is 12.4. The summed E-state index contributed by atoms with van der Waals surface area (Å²) < 4.78 is 31.3. The summed E-state index contributed by atoms with van der Waals surface area (Å²) in [6.07, 6.45) is 35.8. The molecule has 0 amide bonds. The topological polar surface area (TPSA) is 178 Å². The number of carbonyl (C=O) groups excluding carboxylic acids is 6. The zero-order valence-electron chi connectivity index (χ0n) is 45.5. The van der Waals surface area contributed by atoms with E-state index < -0.39 is 18.0 Å². The van der Waals surface area contributed by atoms with Crippen LogP contribution in [0.25, 0.3) is 0 Å². The van der Waals surface area contributed by atoms with Crippen molar-refractivity contribution in [1.29, 1.82) is 0 Å². The smallest absolute Gasteiger partial charge is 0.342 e. The molecular weight excluding hydrogens is 905 g/mol. The summed E-state index contributed by atoms with van der Waals surface area (Å²) in [4.78, 5) is 71.2. The monoisotopic (exact) mass is 1000 g/mol. The number of esters is 5. The van der Waals surface area contributed by atoms with Gasteiger partial charge in [0, 0.05) is 36.8 Å². The molecule has 0 atom stereocenters. The molecule has 13 nitrogen and oxygen atoms in total. The van der Waals surface area contributed by atoms with E-state index in [1.165, 1.54) is 162 Å². The van der Waals surface area contributed by atoms with Crippen LogP contribution in [-0.2, 0) is 55.9 Å². The van der Waals surface area contributed by atoms with Crippen molar-refractivity contribution in [2.24, 2.45) is 0 Å². The van der Waals surface area contributed by atoms with Crippen LogP contribution in [-0.4, -0.2) is 74.3 Å². The number of Topliss-reactive ketones (excluding diaryl/α,β-unsaturated/α-hetero) is 1. The highest BCUT2D eigenvalue weighted by atomic mass is 16.6. The predicted octanol–water partition coefficient (Wildman–Crippen LogP) is 13.8. The number of hydrogen-bond donors (Lipinski definition) is 1. The van der Waals surface area contributed by atoms with Crippen molar-refractivity contribution in [3.63, 3.8) is 0 Å². The lowest BCUT2D eigenvalue weighted by atomic mass is 9.94. The lowest BCUT2D eigenvalue weighted by Crippen LogP contribution is -2.25. The Kier molecular flexibility index (Phi) is 38.5. The first kappa shape index (κ1) is 64.8. The summed E-state index contributed by atoms with van der Waals surface area (Å²) in [7, 11) is 2.84. The number of benzene rings is 1. The number of unbranched alkanes of at least 4 members (excludes halogenated alkanes) is 24. The van der Waals surface area contributed by atoms with Crippen molar-refractivity contribution in [3.05, 3.63) is 33.9 Å². The Morgan fingerprint density at radius 2 is 0.986 bits per heavy atom. The first-order chi connectivity index (χ1) is 34.3. The van der Waals surface area contributed by atoms with Gasteiger partial charge in [-0.25, -0.2) is 4.79 Å². The minimum absolute atomic E-state index is 0.0519. The summed E-state index contributed by atoms with van der Waals surface area (Å²) >= 11 is 0. The van der Waals surface area contributed by atoms with Crippen LogP contribution in [0, 0.1) is 6.92 Å². The molecule has 0 radical (unpaired) electrons. The number of aliphatic hydroxyl groups is 1. The minimum Gasteiger partial charge on any atom is -0.496 e. The van der Waals surface area contributed by atoms with E-state index in [0.29, 0.717) is 42.6 Å². The SMILES string of the molecule is CCCCCCCCCCCCCCCC(=O)OCC(O)COC(=O)CCCCCCCCCCCCCCC.COC(=O)CC/C(C)=C/Cc1c(OC)c(C)c2c(c1OC(=O)CCC(C)=O)C(=O)OC2. The number of allylic oxidation sites excluding steroid dienone is 2. The molecule has 0 saturated heterocycles. The lowest BCUT2D eigenvalue weighted by molar-refractivity contribution is -0.152. The van der Waals surface area contributed by atoms with Gasteiger partial charge in [-0.1, -0.05) is 180 Å². The highest BCUT2D eigenvalue weighted by Crippen LogP contribution is 2.43. The maximum Gasteiger partial charge on any atom is 0.342 e.